The summed E-state index contributed by atoms with van der Waals surface area (Å²) >= 11 is 0. The van der Waals surface area contributed by atoms with E-state index in [4.69, 9.17) is 0 Å². The van der Waals surface area contributed by atoms with E-state index < -0.39 is 0 Å². The average molecular weight is 370 g/mol. The number of hydrogen-bond acceptors (Lipinski definition) is 0. The van der Waals surface area contributed by atoms with Crippen molar-refractivity contribution in [2.45, 2.75) is 0 Å². The minimum atomic E-state index is 0. The van der Waals surface area contributed by atoms with Crippen molar-refractivity contribution < 1.29 is 75.4 Å². The quantitative estimate of drug-likeness (QED) is 0.471. The van der Waals surface area contributed by atoms with E-state index >= 15 is 0 Å². The molecule has 0 saturated heterocycles. The third kappa shape index (κ3) is 19.7. The van der Waals surface area contributed by atoms with Crippen molar-refractivity contribution in [2.75, 3.05) is 0 Å². The van der Waals surface area contributed by atoms with Gasteiger partial charge in [0.25, 0.3) is 0 Å². The molecule has 0 amide bonds. The van der Waals surface area contributed by atoms with E-state index in [1.807, 2.05) is 0 Å². The first-order valence-corrected chi connectivity index (χ1v) is 0. The van der Waals surface area contributed by atoms with Gasteiger partial charge in [0.05, 0.1) is 0 Å². The Labute approximate surface area is 91.4 Å². The second-order valence-corrected chi connectivity index (χ2v) is 0. The monoisotopic (exact) mass is 370 g/mol. The first kappa shape index (κ1) is 44.6. The maximum atomic E-state index is 0. The van der Waals surface area contributed by atoms with Gasteiger partial charge in [0.2, 0.25) is 0 Å². The van der Waals surface area contributed by atoms with Crippen LogP contribution in [0.2, 0.25) is 0 Å². The van der Waals surface area contributed by atoms with Crippen LogP contribution in [0.15, 0.2) is 0 Å². The van der Waals surface area contributed by atoms with Crippen molar-refractivity contribution in [1.29, 1.82) is 0 Å². The van der Waals surface area contributed by atoms with Crippen molar-refractivity contribution in [1.82, 2.24) is 0 Å². The van der Waals surface area contributed by atoms with Gasteiger partial charge in [-0.25, -0.2) is 0 Å². The smallest absolute Gasteiger partial charge is 0 e. The van der Waals surface area contributed by atoms with Crippen LogP contribution in [0.4, 0.5) is 0 Å². The van der Waals surface area contributed by atoms with Gasteiger partial charge in [-0.05, 0) is 0 Å². The van der Waals surface area contributed by atoms with Crippen molar-refractivity contribution in [3.05, 3.63) is 0 Å². The molecule has 30 valence electrons. The van der Waals surface area contributed by atoms with E-state index in [0.29, 0.717) is 0 Å². The molecule has 5 heavy (non-hydrogen) atoms. The molecular weight excluding hydrogens is 367 g/mol. The molecular formula is H3AlCrFeTaV. The van der Waals surface area contributed by atoms with Gasteiger partial charge >= 0.3 is 0 Å². The summed E-state index contributed by atoms with van der Waals surface area (Å²) in [6.45, 7) is 0. The second-order valence-electron chi connectivity index (χ2n) is 0. The van der Waals surface area contributed by atoms with Crippen molar-refractivity contribution in [2.24, 2.45) is 0 Å². The molecule has 0 unspecified atom stereocenters. The van der Waals surface area contributed by atoms with Crippen LogP contribution in [-0.4, -0.2) is 17.4 Å². The van der Waals surface area contributed by atoms with E-state index in [9.17, 15) is 0 Å². The molecule has 0 atom stereocenters. The normalized spacial score (nSPS) is 0. The van der Waals surface area contributed by atoms with Crippen LogP contribution in [0.5, 0.6) is 0 Å². The molecule has 0 heterocycles. The number of hydrogen-bond donors (Lipinski definition) is 0. The van der Waals surface area contributed by atoms with Crippen molar-refractivity contribution >= 4 is 17.4 Å². The van der Waals surface area contributed by atoms with Gasteiger partial charge in [-0.1, -0.05) is 0 Å². The van der Waals surface area contributed by atoms with Gasteiger partial charge in [0, 0.05) is 75.4 Å². The zero-order chi connectivity index (χ0) is 0. The SMILES string of the molecule is [AlH3].[Cr].[Fe].[Ta].[V]. The first-order valence-electron chi connectivity index (χ1n) is 0. The summed E-state index contributed by atoms with van der Waals surface area (Å²) in [6.07, 6.45) is 0. The third-order valence-corrected chi connectivity index (χ3v) is 0. The molecule has 0 saturated carbocycles. The second kappa shape index (κ2) is 28.5. The molecule has 5 heteroatoms. The molecule has 0 fully saturated rings. The summed E-state index contributed by atoms with van der Waals surface area (Å²) in [5, 5.41) is 0. The summed E-state index contributed by atoms with van der Waals surface area (Å²) in [6, 6.07) is 0. The summed E-state index contributed by atoms with van der Waals surface area (Å²) in [4.78, 5) is 0. The Hall–Kier alpha value is 2.91. The zero-order valence-corrected chi connectivity index (χ0v) is 8.65. The molecule has 0 aromatic rings. The Kier molecular flexibility index (Phi) is 254. The van der Waals surface area contributed by atoms with Crippen LogP contribution in [0.3, 0.4) is 0 Å². The topological polar surface area (TPSA) is 0 Å². The molecule has 0 aromatic carbocycles. The standard InChI is InChI=1S/Al.Cr.Fe.Ta.V.3H. The van der Waals surface area contributed by atoms with Gasteiger partial charge in [0.15, 0.2) is 17.4 Å². The predicted octanol–water partition coefficient (Wildman–Crippen LogP) is -1.19. The van der Waals surface area contributed by atoms with Crippen LogP contribution in [0.1, 0.15) is 0 Å². The summed E-state index contributed by atoms with van der Waals surface area (Å²) in [5.74, 6) is 0. The maximum Gasteiger partial charge on any atom is 0.187 e. The van der Waals surface area contributed by atoms with E-state index in [1.165, 1.54) is 0 Å². The largest absolute Gasteiger partial charge is 0.187 e. The third-order valence-electron chi connectivity index (χ3n) is 0. The summed E-state index contributed by atoms with van der Waals surface area (Å²) in [5.41, 5.74) is 0. The van der Waals surface area contributed by atoms with Gasteiger partial charge in [-0.2, -0.15) is 0 Å². The summed E-state index contributed by atoms with van der Waals surface area (Å²) < 4.78 is 0. The van der Waals surface area contributed by atoms with Crippen molar-refractivity contribution in [3.63, 3.8) is 0 Å². The fourth-order valence-corrected chi connectivity index (χ4v) is 0. The van der Waals surface area contributed by atoms with Crippen molar-refractivity contribution in [3.8, 4) is 0 Å². The molecule has 0 aliphatic rings. The van der Waals surface area contributed by atoms with Gasteiger partial charge in [-0.3, -0.25) is 0 Å². The van der Waals surface area contributed by atoms with Gasteiger partial charge in [-0.15, -0.1) is 0 Å². The number of rotatable bonds is 0. The van der Waals surface area contributed by atoms with E-state index in [1.54, 1.807) is 0 Å². The van der Waals surface area contributed by atoms with Crippen LogP contribution in [0, 0.1) is 0 Å². The van der Waals surface area contributed by atoms with E-state index in [0.717, 1.165) is 0 Å². The molecule has 0 nitrogen and oxygen atoms in total. The molecule has 0 spiro atoms. The zero-order valence-electron chi connectivity index (χ0n) is 1.66. The molecule has 0 rings (SSSR count). The maximum absolute atomic E-state index is 0. The Bertz CT molecular complexity index is 11.6. The Balaban J connectivity index is 0. The predicted molar refractivity (Wildman–Crippen MR) is 9.94 cm³/mol. The summed E-state index contributed by atoms with van der Waals surface area (Å²) in [7, 11) is 0. The van der Waals surface area contributed by atoms with Crippen LogP contribution >= 0.6 is 0 Å². The molecule has 2 radical (unpaired) electrons. The minimum Gasteiger partial charge on any atom is 0 e. The van der Waals surface area contributed by atoms with Gasteiger partial charge < -0.3 is 0 Å². The molecule has 0 aliphatic carbocycles. The Morgan fingerprint density at radius 3 is 1.00 bits per heavy atom. The van der Waals surface area contributed by atoms with E-state index in [2.05, 4.69) is 0 Å². The molecule has 0 N–H and O–H groups in total. The molecule has 0 aliphatic heterocycles. The Morgan fingerprint density at radius 1 is 1.00 bits per heavy atom. The fraction of sp³-hybridized carbons (Fsp3) is 0. The van der Waals surface area contributed by atoms with Crippen LogP contribution < -0.4 is 0 Å². The van der Waals surface area contributed by atoms with Crippen LogP contribution in [-0.2, 0) is 75.4 Å². The van der Waals surface area contributed by atoms with Crippen LogP contribution in [0.25, 0.3) is 0 Å². The van der Waals surface area contributed by atoms with E-state index in [-0.39, 0.29) is 92.7 Å². The average Bonchev–Trinajstić information content (AvgIpc) is 0. The molecule has 0 bridgehead atoms. The minimum absolute atomic E-state index is 0. The molecule has 0 aromatic heterocycles. The first-order chi connectivity index (χ1) is 0. The fourth-order valence-electron chi connectivity index (χ4n) is 0. The van der Waals surface area contributed by atoms with Gasteiger partial charge in [0.1, 0.15) is 0 Å². The Morgan fingerprint density at radius 2 is 1.00 bits per heavy atom.